The smallest absolute Gasteiger partial charge is 0.412 e. The van der Waals surface area contributed by atoms with Crippen molar-refractivity contribution in [1.82, 2.24) is 24.8 Å². The van der Waals surface area contributed by atoms with Crippen molar-refractivity contribution in [3.63, 3.8) is 0 Å². The Morgan fingerprint density at radius 1 is 0.943 bits per heavy atom. The van der Waals surface area contributed by atoms with Crippen molar-refractivity contribution in [2.45, 2.75) is 44.9 Å². The average molecular weight is 476 g/mol. The Labute approximate surface area is 202 Å². The molecule has 0 radical (unpaired) electrons. The molecule has 0 aliphatic carbocycles. The van der Waals surface area contributed by atoms with E-state index in [9.17, 15) is 14.4 Å². The second-order valence-electron chi connectivity index (χ2n) is 8.93. The Morgan fingerprint density at radius 3 is 2.17 bits per heavy atom. The number of nitrogens with zero attached hydrogens (tertiary/aromatic N) is 5. The molecule has 10 heteroatoms. The summed E-state index contributed by atoms with van der Waals surface area (Å²) in [5.74, 6) is -0.763. The average Bonchev–Trinajstić information content (AvgIpc) is 3.52. The van der Waals surface area contributed by atoms with Crippen molar-refractivity contribution in [2.75, 3.05) is 6.54 Å². The molecule has 3 aromatic rings. The molecule has 2 aliphatic heterocycles. The van der Waals surface area contributed by atoms with E-state index in [1.807, 2.05) is 30.3 Å². The number of fused-ring (bicyclic) bond motifs is 1. The molecule has 2 aromatic carbocycles. The van der Waals surface area contributed by atoms with Crippen molar-refractivity contribution in [3.8, 4) is 0 Å². The van der Waals surface area contributed by atoms with E-state index in [0.717, 1.165) is 5.56 Å². The van der Waals surface area contributed by atoms with Gasteiger partial charge in [0.05, 0.1) is 42.7 Å². The van der Waals surface area contributed by atoms with Crippen LogP contribution in [0.25, 0.3) is 0 Å². The molecule has 1 fully saturated rings. The molecule has 5 rings (SSSR count). The summed E-state index contributed by atoms with van der Waals surface area (Å²) in [5.41, 5.74) is 0.513. The molecule has 2 aliphatic rings. The fourth-order valence-electron chi connectivity index (χ4n) is 4.66. The van der Waals surface area contributed by atoms with Crippen LogP contribution in [0.4, 0.5) is 4.79 Å². The first-order chi connectivity index (χ1) is 16.8. The summed E-state index contributed by atoms with van der Waals surface area (Å²) in [4.78, 5) is 43.4. The van der Waals surface area contributed by atoms with Gasteiger partial charge < -0.3 is 9.47 Å². The van der Waals surface area contributed by atoms with E-state index >= 15 is 0 Å². The molecule has 3 heterocycles. The largest absolute Gasteiger partial charge is 0.444 e. The minimum absolute atomic E-state index is 0.0236. The summed E-state index contributed by atoms with van der Waals surface area (Å²) in [7, 11) is 0. The number of amides is 3. The highest BCUT2D eigenvalue weighted by atomic mass is 16.6. The number of carbonyl (C=O) groups excluding carboxylic acids is 3. The Balaban J connectivity index is 1.40. The van der Waals surface area contributed by atoms with Gasteiger partial charge in [-0.25, -0.2) is 4.79 Å². The van der Waals surface area contributed by atoms with Gasteiger partial charge in [0.2, 0.25) is 0 Å². The second kappa shape index (κ2) is 8.95. The quantitative estimate of drug-likeness (QED) is 0.505. The van der Waals surface area contributed by atoms with Gasteiger partial charge in [-0.15, -0.1) is 0 Å². The first-order valence-corrected chi connectivity index (χ1v) is 11.3. The number of hydrogen-bond donors (Lipinski definition) is 0. The molecule has 3 amide bonds. The van der Waals surface area contributed by atoms with Gasteiger partial charge in [-0.1, -0.05) is 42.5 Å². The third-order valence-electron chi connectivity index (χ3n) is 6.24. The fourth-order valence-corrected chi connectivity index (χ4v) is 4.66. The van der Waals surface area contributed by atoms with Crippen LogP contribution in [-0.4, -0.2) is 67.1 Å². The van der Waals surface area contributed by atoms with E-state index in [2.05, 4.69) is 10.2 Å². The number of hydrogen-bond acceptors (Lipinski definition) is 7. The van der Waals surface area contributed by atoms with E-state index in [1.54, 1.807) is 38.1 Å². The van der Waals surface area contributed by atoms with Gasteiger partial charge in [-0.3, -0.25) is 19.4 Å². The Bertz CT molecular complexity index is 1210. The molecular formula is C25H25N5O5. The fraction of sp³-hybridized carbons (Fsp3) is 0.320. The SMILES string of the molecule is CC1(C)OC(CN2C(=O)c3ccccc3C2=O)C(Cn2nccn2)N1C(=O)OCc1ccccc1. The van der Waals surface area contributed by atoms with Gasteiger partial charge in [0.25, 0.3) is 11.8 Å². The number of rotatable bonds is 6. The zero-order valence-electron chi connectivity index (χ0n) is 19.4. The Hall–Kier alpha value is -4.05. The van der Waals surface area contributed by atoms with Crippen molar-refractivity contribution in [2.24, 2.45) is 0 Å². The van der Waals surface area contributed by atoms with Crippen LogP contribution in [0.3, 0.4) is 0 Å². The molecular weight excluding hydrogens is 450 g/mol. The predicted molar refractivity (Wildman–Crippen MR) is 123 cm³/mol. The minimum atomic E-state index is -1.06. The molecule has 180 valence electrons. The first-order valence-electron chi connectivity index (χ1n) is 11.3. The lowest BCUT2D eigenvalue weighted by Crippen LogP contribution is -2.51. The minimum Gasteiger partial charge on any atom is -0.444 e. The van der Waals surface area contributed by atoms with Crippen LogP contribution in [0.1, 0.15) is 40.1 Å². The lowest BCUT2D eigenvalue weighted by Gasteiger charge is -2.32. The highest BCUT2D eigenvalue weighted by molar-refractivity contribution is 6.21. The van der Waals surface area contributed by atoms with Crippen LogP contribution in [0.15, 0.2) is 67.0 Å². The van der Waals surface area contributed by atoms with E-state index in [4.69, 9.17) is 9.47 Å². The summed E-state index contributed by atoms with van der Waals surface area (Å²) >= 11 is 0. The molecule has 1 saturated heterocycles. The van der Waals surface area contributed by atoms with Gasteiger partial charge in [0.15, 0.2) is 0 Å². The van der Waals surface area contributed by atoms with Crippen molar-refractivity contribution < 1.29 is 23.9 Å². The van der Waals surface area contributed by atoms with Crippen molar-refractivity contribution in [1.29, 1.82) is 0 Å². The lowest BCUT2D eigenvalue weighted by atomic mass is 10.1. The third kappa shape index (κ3) is 4.28. The summed E-state index contributed by atoms with van der Waals surface area (Å²) < 4.78 is 11.9. The topological polar surface area (TPSA) is 107 Å². The maximum atomic E-state index is 13.3. The molecule has 35 heavy (non-hydrogen) atoms. The summed E-state index contributed by atoms with van der Waals surface area (Å²) in [6.45, 7) is 3.78. The van der Waals surface area contributed by atoms with Gasteiger partial charge in [0.1, 0.15) is 18.4 Å². The molecule has 0 bridgehead atoms. The highest BCUT2D eigenvalue weighted by Crippen LogP contribution is 2.35. The monoisotopic (exact) mass is 475 g/mol. The standard InChI is InChI=1S/C25H25N5O5/c1-25(2)30(24(33)34-16-17-8-4-3-5-9-17)20(14-29-26-12-13-27-29)21(35-25)15-28-22(31)18-10-6-7-11-19(18)23(28)32/h3-13,20-21H,14-16H2,1-2H3. The number of benzene rings is 2. The molecule has 10 nitrogen and oxygen atoms in total. The second-order valence-corrected chi connectivity index (χ2v) is 8.93. The number of aromatic nitrogens is 3. The van der Waals surface area contributed by atoms with E-state index in [0.29, 0.717) is 11.1 Å². The summed E-state index contributed by atoms with van der Waals surface area (Å²) in [6.07, 6.45) is 1.83. The summed E-state index contributed by atoms with van der Waals surface area (Å²) in [6, 6.07) is 15.5. The molecule has 2 atom stereocenters. The number of ether oxygens (including phenoxy) is 2. The predicted octanol–water partition coefficient (Wildman–Crippen LogP) is 2.72. The van der Waals surface area contributed by atoms with Crippen molar-refractivity contribution in [3.05, 3.63) is 83.7 Å². The Kier molecular flexibility index (Phi) is 5.81. The van der Waals surface area contributed by atoms with Crippen molar-refractivity contribution >= 4 is 17.9 Å². The molecule has 0 N–H and O–H groups in total. The third-order valence-corrected chi connectivity index (χ3v) is 6.24. The van der Waals surface area contributed by atoms with Crippen LogP contribution in [0, 0.1) is 0 Å². The molecule has 2 unspecified atom stereocenters. The van der Waals surface area contributed by atoms with Crippen LogP contribution >= 0.6 is 0 Å². The van der Waals surface area contributed by atoms with E-state index in [1.165, 1.54) is 27.0 Å². The van der Waals surface area contributed by atoms with E-state index < -0.39 is 24.0 Å². The number of imide groups is 1. The van der Waals surface area contributed by atoms with Crippen LogP contribution in [0.5, 0.6) is 0 Å². The maximum Gasteiger partial charge on any atom is 0.412 e. The highest BCUT2D eigenvalue weighted by Gasteiger charge is 2.52. The normalized spacial score (nSPS) is 20.9. The zero-order chi connectivity index (χ0) is 24.6. The first kappa shape index (κ1) is 22.7. The van der Waals surface area contributed by atoms with Gasteiger partial charge >= 0.3 is 6.09 Å². The van der Waals surface area contributed by atoms with Gasteiger partial charge in [-0.2, -0.15) is 15.0 Å². The van der Waals surface area contributed by atoms with Crippen LogP contribution < -0.4 is 0 Å². The van der Waals surface area contributed by atoms with E-state index in [-0.39, 0.29) is 31.5 Å². The molecule has 0 saturated carbocycles. The van der Waals surface area contributed by atoms with Crippen LogP contribution in [-0.2, 0) is 22.6 Å². The van der Waals surface area contributed by atoms with Gasteiger partial charge in [0, 0.05) is 0 Å². The maximum absolute atomic E-state index is 13.3. The zero-order valence-corrected chi connectivity index (χ0v) is 19.4. The molecule has 1 aromatic heterocycles. The van der Waals surface area contributed by atoms with Gasteiger partial charge in [-0.05, 0) is 31.5 Å². The summed E-state index contributed by atoms with van der Waals surface area (Å²) in [5, 5.41) is 8.33. The molecule has 0 spiro atoms. The Morgan fingerprint density at radius 2 is 1.54 bits per heavy atom. The van der Waals surface area contributed by atoms with Crippen LogP contribution in [0.2, 0.25) is 0 Å². The lowest BCUT2D eigenvalue weighted by molar-refractivity contribution is -0.0736. The number of carbonyl (C=O) groups is 3.